The molecule has 120 valence electrons. The van der Waals surface area contributed by atoms with Gasteiger partial charge in [-0.3, -0.25) is 9.69 Å². The zero-order valence-corrected chi connectivity index (χ0v) is 13.6. The molecule has 2 atom stereocenters. The summed E-state index contributed by atoms with van der Waals surface area (Å²) in [7, 11) is 2.01. The molecule has 5 nitrogen and oxygen atoms in total. The fourth-order valence-electron chi connectivity index (χ4n) is 4.11. The van der Waals surface area contributed by atoms with E-state index in [1.807, 2.05) is 11.9 Å². The zero-order chi connectivity index (χ0) is 14.8. The number of nitrogens with zero attached hydrogens (tertiary/aromatic N) is 3. The number of carbonyl (C=O) groups excluding carboxylic acids is 1. The monoisotopic (exact) mass is 294 g/mol. The summed E-state index contributed by atoms with van der Waals surface area (Å²) in [6, 6.07) is 1.75. The van der Waals surface area contributed by atoms with E-state index in [0.29, 0.717) is 30.6 Å². The molecule has 0 radical (unpaired) electrons. The van der Waals surface area contributed by atoms with Gasteiger partial charge in [-0.15, -0.1) is 0 Å². The normalized spacial score (nSPS) is 34.1. The van der Waals surface area contributed by atoms with Crippen molar-refractivity contribution in [2.75, 3.05) is 46.3 Å². The number of rotatable bonds is 4. The van der Waals surface area contributed by atoms with Gasteiger partial charge in [0.25, 0.3) is 0 Å². The topological polar surface area (TPSA) is 38.8 Å². The maximum absolute atomic E-state index is 12.5. The third-order valence-corrected chi connectivity index (χ3v) is 5.66. The molecule has 2 bridgehead atoms. The minimum Gasteiger partial charge on any atom is -0.342 e. The van der Waals surface area contributed by atoms with E-state index in [0.717, 1.165) is 45.6 Å². The Morgan fingerprint density at radius 1 is 1.10 bits per heavy atom. The van der Waals surface area contributed by atoms with Crippen LogP contribution >= 0.6 is 0 Å². The highest BCUT2D eigenvalue weighted by Gasteiger charge is 2.36. The third kappa shape index (κ3) is 3.58. The van der Waals surface area contributed by atoms with Gasteiger partial charge in [0, 0.05) is 51.4 Å². The molecule has 3 saturated heterocycles. The Morgan fingerprint density at radius 2 is 1.67 bits per heavy atom. The molecule has 1 N–H and O–H groups in total. The molecular weight excluding hydrogens is 264 g/mol. The molecule has 0 saturated carbocycles. The molecule has 3 rings (SSSR count). The van der Waals surface area contributed by atoms with Gasteiger partial charge in [-0.25, -0.2) is 0 Å². The lowest BCUT2D eigenvalue weighted by Crippen LogP contribution is -2.53. The van der Waals surface area contributed by atoms with Crippen molar-refractivity contribution in [1.82, 2.24) is 20.0 Å². The molecule has 0 spiro atoms. The Bertz CT molecular complexity index is 355. The quantitative estimate of drug-likeness (QED) is 0.813. The maximum atomic E-state index is 12.5. The molecule has 1 amide bonds. The number of hydrogen-bond acceptors (Lipinski definition) is 4. The average molecular weight is 294 g/mol. The van der Waals surface area contributed by atoms with Gasteiger partial charge < -0.3 is 15.1 Å². The second-order valence-corrected chi connectivity index (χ2v) is 6.98. The first-order chi connectivity index (χ1) is 10.2. The number of nitrogens with one attached hydrogen (secondary N) is 1. The highest BCUT2D eigenvalue weighted by atomic mass is 16.2. The Labute approximate surface area is 128 Å². The molecule has 21 heavy (non-hydrogen) atoms. The molecule has 0 aromatic rings. The van der Waals surface area contributed by atoms with E-state index >= 15 is 0 Å². The van der Waals surface area contributed by atoms with Gasteiger partial charge in [-0.1, -0.05) is 6.92 Å². The predicted octanol–water partition coefficient (Wildman–Crippen LogP) is 0.365. The van der Waals surface area contributed by atoms with E-state index in [-0.39, 0.29) is 0 Å². The summed E-state index contributed by atoms with van der Waals surface area (Å²) in [5, 5.41) is 3.65. The van der Waals surface area contributed by atoms with Crippen molar-refractivity contribution in [3.05, 3.63) is 0 Å². The molecule has 3 aliphatic rings. The fraction of sp³-hybridized carbons (Fsp3) is 0.938. The number of fused-ring (bicyclic) bond motifs is 2. The van der Waals surface area contributed by atoms with Gasteiger partial charge in [0.1, 0.15) is 0 Å². The molecule has 2 unspecified atom stereocenters. The Kier molecular flexibility index (Phi) is 4.82. The minimum absolute atomic E-state index is 0.311. The van der Waals surface area contributed by atoms with Crippen LogP contribution in [0.2, 0.25) is 0 Å². The van der Waals surface area contributed by atoms with Crippen LogP contribution < -0.4 is 5.32 Å². The van der Waals surface area contributed by atoms with Gasteiger partial charge >= 0.3 is 0 Å². The van der Waals surface area contributed by atoms with Crippen molar-refractivity contribution in [3.8, 4) is 0 Å². The minimum atomic E-state index is 0.311. The molecule has 0 aliphatic carbocycles. The van der Waals surface area contributed by atoms with E-state index in [4.69, 9.17) is 0 Å². The number of hydrogen-bond donors (Lipinski definition) is 1. The van der Waals surface area contributed by atoms with Gasteiger partial charge in [0.2, 0.25) is 5.91 Å². The zero-order valence-electron chi connectivity index (χ0n) is 13.6. The van der Waals surface area contributed by atoms with E-state index in [2.05, 4.69) is 22.0 Å². The van der Waals surface area contributed by atoms with E-state index in [1.54, 1.807) is 0 Å². The van der Waals surface area contributed by atoms with Crippen molar-refractivity contribution >= 4 is 5.91 Å². The first-order valence-corrected chi connectivity index (χ1v) is 8.62. The van der Waals surface area contributed by atoms with Crippen molar-refractivity contribution < 1.29 is 4.79 Å². The summed E-state index contributed by atoms with van der Waals surface area (Å²) in [5.41, 5.74) is 0. The molecular formula is C16H30N4O. The highest BCUT2D eigenvalue weighted by Crippen LogP contribution is 2.29. The standard InChI is InChI=1S/C16H30N4O/c1-3-19-6-8-20(9-7-19)12-16(21)18(2)15-10-13-4-5-14(11-15)17-13/h13-15,17H,3-12H2,1-2H3. The van der Waals surface area contributed by atoms with Crippen LogP contribution in [0, 0.1) is 0 Å². The van der Waals surface area contributed by atoms with Crippen molar-refractivity contribution in [3.63, 3.8) is 0 Å². The summed E-state index contributed by atoms with van der Waals surface area (Å²) in [4.78, 5) is 19.4. The second kappa shape index (κ2) is 6.63. The van der Waals surface area contributed by atoms with Crippen molar-refractivity contribution in [2.24, 2.45) is 0 Å². The van der Waals surface area contributed by atoms with Crippen LogP contribution in [0.5, 0.6) is 0 Å². The summed E-state index contributed by atoms with van der Waals surface area (Å²) in [6.07, 6.45) is 4.87. The summed E-state index contributed by atoms with van der Waals surface area (Å²) in [6.45, 7) is 8.21. The van der Waals surface area contributed by atoms with Crippen LogP contribution in [0.1, 0.15) is 32.6 Å². The van der Waals surface area contributed by atoms with Crippen LogP contribution in [0.3, 0.4) is 0 Å². The molecule has 3 heterocycles. The fourth-order valence-corrected chi connectivity index (χ4v) is 4.11. The van der Waals surface area contributed by atoms with E-state index < -0.39 is 0 Å². The number of piperidine rings is 1. The van der Waals surface area contributed by atoms with Crippen LogP contribution in [0.25, 0.3) is 0 Å². The lowest BCUT2D eigenvalue weighted by molar-refractivity contribution is -0.134. The van der Waals surface area contributed by atoms with Crippen molar-refractivity contribution in [2.45, 2.75) is 50.7 Å². The lowest BCUT2D eigenvalue weighted by Gasteiger charge is -2.38. The smallest absolute Gasteiger partial charge is 0.236 e. The summed E-state index contributed by atoms with van der Waals surface area (Å²) < 4.78 is 0. The first kappa shape index (κ1) is 15.3. The van der Waals surface area contributed by atoms with Gasteiger partial charge in [-0.2, -0.15) is 0 Å². The molecule has 3 fully saturated rings. The van der Waals surface area contributed by atoms with Crippen LogP contribution in [0.4, 0.5) is 0 Å². The van der Waals surface area contributed by atoms with Crippen LogP contribution in [-0.2, 0) is 4.79 Å². The Morgan fingerprint density at radius 3 is 2.24 bits per heavy atom. The highest BCUT2D eigenvalue weighted by molar-refractivity contribution is 5.78. The predicted molar refractivity (Wildman–Crippen MR) is 84.3 cm³/mol. The average Bonchev–Trinajstić information content (AvgIpc) is 2.85. The van der Waals surface area contributed by atoms with E-state index in [9.17, 15) is 4.79 Å². The summed E-state index contributed by atoms with van der Waals surface area (Å²) in [5.74, 6) is 0.311. The maximum Gasteiger partial charge on any atom is 0.236 e. The third-order valence-electron chi connectivity index (χ3n) is 5.66. The SMILES string of the molecule is CCN1CCN(CC(=O)N(C)C2CC3CCC(C2)N3)CC1. The number of amides is 1. The lowest BCUT2D eigenvalue weighted by atomic mass is 9.98. The second-order valence-electron chi connectivity index (χ2n) is 6.98. The van der Waals surface area contributed by atoms with Gasteiger partial charge in [-0.05, 0) is 32.2 Å². The Balaban J connectivity index is 1.46. The number of piperazine rings is 1. The molecule has 0 aromatic carbocycles. The largest absolute Gasteiger partial charge is 0.342 e. The first-order valence-electron chi connectivity index (χ1n) is 8.62. The molecule has 5 heteroatoms. The van der Waals surface area contributed by atoms with E-state index in [1.165, 1.54) is 12.8 Å². The molecule has 0 aromatic heterocycles. The summed E-state index contributed by atoms with van der Waals surface area (Å²) >= 11 is 0. The number of likely N-dealkylation sites (N-methyl/N-ethyl adjacent to an activating group) is 2. The van der Waals surface area contributed by atoms with Crippen LogP contribution in [0.15, 0.2) is 0 Å². The van der Waals surface area contributed by atoms with Gasteiger partial charge in [0.05, 0.1) is 6.54 Å². The number of carbonyl (C=O) groups is 1. The Hall–Kier alpha value is -0.650. The van der Waals surface area contributed by atoms with Crippen LogP contribution in [-0.4, -0.2) is 85.0 Å². The molecule has 3 aliphatic heterocycles. The van der Waals surface area contributed by atoms with Gasteiger partial charge in [0.15, 0.2) is 0 Å². The van der Waals surface area contributed by atoms with Crippen molar-refractivity contribution in [1.29, 1.82) is 0 Å².